The largest absolute Gasteiger partial charge is 0.416 e. The van der Waals surface area contributed by atoms with Crippen molar-refractivity contribution in [2.24, 2.45) is 0 Å². The van der Waals surface area contributed by atoms with E-state index in [-0.39, 0.29) is 11.6 Å². The summed E-state index contributed by atoms with van der Waals surface area (Å²) in [5.74, 6) is -0.179. The van der Waals surface area contributed by atoms with Gasteiger partial charge in [0.2, 0.25) is 5.91 Å². The van der Waals surface area contributed by atoms with Crippen LogP contribution in [0.25, 0.3) is 11.3 Å². The van der Waals surface area contributed by atoms with Crippen molar-refractivity contribution < 1.29 is 22.8 Å². The molecule has 1 fully saturated rings. The zero-order chi connectivity index (χ0) is 25.2. The molecule has 0 unspecified atom stereocenters. The van der Waals surface area contributed by atoms with E-state index in [0.717, 1.165) is 33.3 Å². The fourth-order valence-electron chi connectivity index (χ4n) is 4.23. The minimum Gasteiger partial charge on any atom is -0.344 e. The quantitative estimate of drug-likeness (QED) is 0.474. The van der Waals surface area contributed by atoms with E-state index in [1.165, 1.54) is 30.4 Å². The van der Waals surface area contributed by atoms with Crippen LogP contribution in [0.5, 0.6) is 0 Å². The third kappa shape index (κ3) is 5.48. The van der Waals surface area contributed by atoms with E-state index in [0.29, 0.717) is 25.9 Å². The Balaban J connectivity index is 1.48. The predicted molar refractivity (Wildman–Crippen MR) is 129 cm³/mol. The van der Waals surface area contributed by atoms with E-state index in [1.807, 2.05) is 37.3 Å². The normalized spacial score (nSPS) is 15.5. The van der Waals surface area contributed by atoms with Crippen LogP contribution in [0.4, 0.5) is 23.7 Å². The van der Waals surface area contributed by atoms with E-state index in [1.54, 1.807) is 4.90 Å². The highest BCUT2D eigenvalue weighted by atomic mass is 32.1. The second-order valence-corrected chi connectivity index (χ2v) is 9.75. The minimum atomic E-state index is -4.43. The molecule has 2 heterocycles. The highest BCUT2D eigenvalue weighted by molar-refractivity contribution is 7.12. The first-order valence-electron chi connectivity index (χ1n) is 11.1. The van der Waals surface area contributed by atoms with E-state index in [4.69, 9.17) is 4.98 Å². The molecule has 0 saturated carbocycles. The average Bonchev–Trinajstić information content (AvgIpc) is 3.22. The molecule has 0 spiro atoms. The van der Waals surface area contributed by atoms with Crippen molar-refractivity contribution in [2.75, 3.05) is 18.4 Å². The van der Waals surface area contributed by atoms with Gasteiger partial charge in [-0.2, -0.15) is 13.2 Å². The van der Waals surface area contributed by atoms with Gasteiger partial charge in [-0.1, -0.05) is 30.3 Å². The highest BCUT2D eigenvalue weighted by Gasteiger charge is 2.41. The summed E-state index contributed by atoms with van der Waals surface area (Å²) < 4.78 is 38.3. The number of thiazole rings is 1. The average molecular weight is 503 g/mol. The standard InChI is InChI=1S/C25H25F3N4O2S/c1-16-21(18-6-4-3-5-7-18)30-22(35-16)24(31-17(2)33)12-14-32(15-13-24)23(34)29-20-10-8-19(9-11-20)25(26,27)28/h3-11H,12-15H2,1-2H3,(H,29,34)(H,31,33). The fourth-order valence-corrected chi connectivity index (χ4v) is 5.37. The lowest BCUT2D eigenvalue weighted by molar-refractivity contribution is -0.137. The number of rotatable bonds is 4. The fraction of sp³-hybridized carbons (Fsp3) is 0.320. The van der Waals surface area contributed by atoms with Crippen molar-refractivity contribution in [3.8, 4) is 11.3 Å². The molecule has 0 atom stereocenters. The smallest absolute Gasteiger partial charge is 0.344 e. The molecule has 0 aliphatic carbocycles. The van der Waals surface area contributed by atoms with Gasteiger partial charge in [-0.25, -0.2) is 9.78 Å². The first-order chi connectivity index (χ1) is 16.6. The Bertz CT molecular complexity index is 1200. The first kappa shape index (κ1) is 24.7. The number of carbonyl (C=O) groups excluding carboxylic acids is 2. The van der Waals surface area contributed by atoms with Crippen molar-refractivity contribution in [3.05, 3.63) is 70.0 Å². The highest BCUT2D eigenvalue weighted by Crippen LogP contribution is 2.39. The minimum absolute atomic E-state index is 0.179. The molecule has 6 nitrogen and oxygen atoms in total. The van der Waals surface area contributed by atoms with Gasteiger partial charge >= 0.3 is 12.2 Å². The van der Waals surface area contributed by atoms with Crippen LogP contribution < -0.4 is 10.6 Å². The number of urea groups is 1. The van der Waals surface area contributed by atoms with Gasteiger partial charge in [0.05, 0.1) is 16.8 Å². The number of nitrogens with one attached hydrogen (secondary N) is 2. The van der Waals surface area contributed by atoms with Gasteiger partial charge in [0.15, 0.2) is 0 Å². The summed E-state index contributed by atoms with van der Waals surface area (Å²) in [5.41, 5.74) is 0.683. The van der Waals surface area contributed by atoms with Crippen LogP contribution >= 0.6 is 11.3 Å². The number of aromatic nitrogens is 1. The number of benzene rings is 2. The van der Waals surface area contributed by atoms with Gasteiger partial charge in [0.1, 0.15) is 5.01 Å². The lowest BCUT2D eigenvalue weighted by Crippen LogP contribution is -2.54. The van der Waals surface area contributed by atoms with E-state index in [2.05, 4.69) is 10.6 Å². The summed E-state index contributed by atoms with van der Waals surface area (Å²) >= 11 is 1.54. The summed E-state index contributed by atoms with van der Waals surface area (Å²) in [7, 11) is 0. The monoisotopic (exact) mass is 502 g/mol. The number of anilines is 1. The SMILES string of the molecule is CC(=O)NC1(c2nc(-c3ccccc3)c(C)s2)CCN(C(=O)Nc2ccc(C(F)(F)F)cc2)CC1. The van der Waals surface area contributed by atoms with Crippen molar-refractivity contribution in [3.63, 3.8) is 0 Å². The summed E-state index contributed by atoms with van der Waals surface area (Å²) in [4.78, 5) is 32.4. The van der Waals surface area contributed by atoms with Crippen molar-refractivity contribution in [2.45, 2.75) is 38.4 Å². The number of piperidine rings is 1. The number of halogens is 3. The number of hydrogen-bond acceptors (Lipinski definition) is 4. The van der Waals surface area contributed by atoms with Gasteiger partial charge in [0.25, 0.3) is 0 Å². The first-order valence-corrected chi connectivity index (χ1v) is 11.9. The zero-order valence-electron chi connectivity index (χ0n) is 19.3. The van der Waals surface area contributed by atoms with Gasteiger partial charge < -0.3 is 15.5 Å². The number of likely N-dealkylation sites (tertiary alicyclic amines) is 1. The molecule has 10 heteroatoms. The Morgan fingerprint density at radius 1 is 1.03 bits per heavy atom. The molecule has 3 aromatic rings. The molecule has 1 saturated heterocycles. The Hall–Kier alpha value is -3.40. The van der Waals surface area contributed by atoms with Crippen molar-refractivity contribution >= 4 is 29.0 Å². The lowest BCUT2D eigenvalue weighted by atomic mass is 9.88. The topological polar surface area (TPSA) is 74.3 Å². The maximum Gasteiger partial charge on any atom is 0.416 e. The van der Waals surface area contributed by atoms with Gasteiger partial charge in [-0.15, -0.1) is 11.3 Å². The summed E-state index contributed by atoms with van der Waals surface area (Å²) in [6.45, 7) is 4.17. The molecular weight excluding hydrogens is 477 g/mol. The molecule has 1 aliphatic rings. The van der Waals surface area contributed by atoms with Crippen LogP contribution in [-0.4, -0.2) is 34.9 Å². The third-order valence-electron chi connectivity index (χ3n) is 6.04. The molecule has 0 radical (unpaired) electrons. The molecule has 1 aromatic heterocycles. The van der Waals surface area contributed by atoms with Crippen LogP contribution in [0.15, 0.2) is 54.6 Å². The Morgan fingerprint density at radius 2 is 1.66 bits per heavy atom. The molecule has 0 bridgehead atoms. The molecule has 2 aromatic carbocycles. The maximum atomic E-state index is 12.8. The van der Waals surface area contributed by atoms with E-state index in [9.17, 15) is 22.8 Å². The molecule has 184 valence electrons. The molecular formula is C25H25F3N4O2S. The van der Waals surface area contributed by atoms with Gasteiger partial charge in [-0.05, 0) is 44.0 Å². The summed E-state index contributed by atoms with van der Waals surface area (Å²) in [6.07, 6.45) is -3.50. The van der Waals surface area contributed by atoms with Crippen molar-refractivity contribution in [1.82, 2.24) is 15.2 Å². The number of hydrogen-bond donors (Lipinski definition) is 2. The predicted octanol–water partition coefficient (Wildman–Crippen LogP) is 5.80. The second kappa shape index (κ2) is 9.69. The lowest BCUT2D eigenvalue weighted by Gasteiger charge is -2.40. The van der Waals surface area contributed by atoms with E-state index >= 15 is 0 Å². The number of nitrogens with zero attached hydrogens (tertiary/aromatic N) is 2. The summed E-state index contributed by atoms with van der Waals surface area (Å²) in [5, 5.41) is 6.53. The second-order valence-electron chi connectivity index (χ2n) is 8.55. The zero-order valence-corrected chi connectivity index (χ0v) is 20.1. The van der Waals surface area contributed by atoms with Crippen LogP contribution in [-0.2, 0) is 16.5 Å². The Kier molecular flexibility index (Phi) is 6.84. The molecule has 2 N–H and O–H groups in total. The third-order valence-corrected chi connectivity index (χ3v) is 7.21. The molecule has 1 aliphatic heterocycles. The Labute approximate surface area is 205 Å². The number of amides is 3. The van der Waals surface area contributed by atoms with Crippen molar-refractivity contribution in [1.29, 1.82) is 0 Å². The summed E-state index contributed by atoms with van der Waals surface area (Å²) in [6, 6.07) is 13.8. The van der Waals surface area contributed by atoms with Crippen LogP contribution in [0.1, 0.15) is 35.2 Å². The molecule has 3 amide bonds. The molecule has 35 heavy (non-hydrogen) atoms. The van der Waals surface area contributed by atoms with E-state index < -0.39 is 23.3 Å². The van der Waals surface area contributed by atoms with Crippen LogP contribution in [0.3, 0.4) is 0 Å². The maximum absolute atomic E-state index is 12.8. The molecule has 4 rings (SSSR count). The van der Waals surface area contributed by atoms with Gasteiger partial charge in [-0.3, -0.25) is 4.79 Å². The number of carbonyl (C=O) groups is 2. The van der Waals surface area contributed by atoms with Crippen LogP contribution in [0.2, 0.25) is 0 Å². The number of aryl methyl sites for hydroxylation is 1. The Morgan fingerprint density at radius 3 is 2.23 bits per heavy atom. The number of alkyl halides is 3. The van der Waals surface area contributed by atoms with Crippen LogP contribution in [0, 0.1) is 6.92 Å². The van der Waals surface area contributed by atoms with Gasteiger partial charge in [0, 0.05) is 36.1 Å².